The fourth-order valence-corrected chi connectivity index (χ4v) is 1.59. The molecule has 67 valence electrons. The average Bonchev–Trinajstić information content (AvgIpc) is 2.27. The molecular formula is C14H11. The second-order valence-corrected chi connectivity index (χ2v) is 3.19. The van der Waals surface area contributed by atoms with Gasteiger partial charge in [-0.05, 0) is 21.9 Å². The highest BCUT2D eigenvalue weighted by atomic mass is 14.0. The van der Waals surface area contributed by atoms with E-state index in [1.807, 2.05) is 24.3 Å². The maximum Gasteiger partial charge on any atom is -0.0105 e. The monoisotopic (exact) mass is 179 g/mol. The van der Waals surface area contributed by atoms with Crippen molar-refractivity contribution >= 4 is 16.3 Å². The van der Waals surface area contributed by atoms with E-state index < -0.39 is 0 Å². The van der Waals surface area contributed by atoms with Gasteiger partial charge in [0.15, 0.2) is 0 Å². The van der Waals surface area contributed by atoms with Crippen LogP contribution in [0.15, 0.2) is 55.1 Å². The molecule has 0 atom stereocenters. The molecule has 0 bridgehead atoms. The van der Waals surface area contributed by atoms with Gasteiger partial charge >= 0.3 is 0 Å². The lowest BCUT2D eigenvalue weighted by Gasteiger charge is -2.05. The average molecular weight is 179 g/mol. The van der Waals surface area contributed by atoms with Gasteiger partial charge in [0.2, 0.25) is 0 Å². The lowest BCUT2D eigenvalue weighted by molar-refractivity contribution is 1.68. The van der Waals surface area contributed by atoms with Crippen LogP contribution in [0.5, 0.6) is 0 Å². The minimum Gasteiger partial charge on any atom is -0.0984 e. The zero-order valence-electron chi connectivity index (χ0n) is 7.90. The van der Waals surface area contributed by atoms with E-state index in [4.69, 9.17) is 6.58 Å². The molecule has 0 aliphatic heterocycles. The Balaban J connectivity index is 2.77. The largest absolute Gasteiger partial charge is 0.0984 e. The first kappa shape index (κ1) is 8.76. The van der Waals surface area contributed by atoms with Gasteiger partial charge < -0.3 is 0 Å². The quantitative estimate of drug-likeness (QED) is 0.614. The van der Waals surface area contributed by atoms with Gasteiger partial charge in [0.1, 0.15) is 0 Å². The van der Waals surface area contributed by atoms with Crippen molar-refractivity contribution in [3.8, 4) is 0 Å². The van der Waals surface area contributed by atoms with Crippen LogP contribution in [0.2, 0.25) is 0 Å². The van der Waals surface area contributed by atoms with Crippen molar-refractivity contribution < 1.29 is 0 Å². The van der Waals surface area contributed by atoms with E-state index in [2.05, 4.69) is 24.8 Å². The third-order valence-corrected chi connectivity index (χ3v) is 2.32. The van der Waals surface area contributed by atoms with Crippen LogP contribution in [0.4, 0.5) is 0 Å². The summed E-state index contributed by atoms with van der Waals surface area (Å²) in [4.78, 5) is 0. The lowest BCUT2D eigenvalue weighted by Crippen LogP contribution is -1.81. The molecule has 2 aromatic carbocycles. The summed E-state index contributed by atoms with van der Waals surface area (Å²) >= 11 is 0. The Kier molecular flexibility index (Phi) is 2.19. The minimum atomic E-state index is 0.724. The zero-order chi connectivity index (χ0) is 9.97. The SMILES string of the molecule is [CH]=C(C=C)c1cccc2ccccc12. The van der Waals surface area contributed by atoms with Gasteiger partial charge in [-0.25, -0.2) is 0 Å². The smallest absolute Gasteiger partial charge is 0.0105 e. The van der Waals surface area contributed by atoms with Gasteiger partial charge in [0.25, 0.3) is 0 Å². The lowest BCUT2D eigenvalue weighted by atomic mass is 9.99. The minimum absolute atomic E-state index is 0.724. The first-order valence-electron chi connectivity index (χ1n) is 4.56. The molecule has 0 fully saturated rings. The van der Waals surface area contributed by atoms with Crippen LogP contribution >= 0.6 is 0 Å². The van der Waals surface area contributed by atoms with Crippen LogP contribution in [0.1, 0.15) is 5.56 Å². The summed E-state index contributed by atoms with van der Waals surface area (Å²) in [7, 11) is 0. The Hall–Kier alpha value is -1.82. The molecule has 14 heavy (non-hydrogen) atoms. The highest BCUT2D eigenvalue weighted by Gasteiger charge is 2.00. The maximum absolute atomic E-state index is 5.86. The van der Waals surface area contributed by atoms with E-state index >= 15 is 0 Å². The predicted octanol–water partition coefficient (Wildman–Crippen LogP) is 3.84. The van der Waals surface area contributed by atoms with Gasteiger partial charge in [-0.15, -0.1) is 0 Å². The summed E-state index contributed by atoms with van der Waals surface area (Å²) in [6, 6.07) is 14.3. The molecule has 0 saturated carbocycles. The number of benzene rings is 2. The molecule has 1 radical (unpaired) electrons. The molecule has 0 heterocycles. The summed E-state index contributed by atoms with van der Waals surface area (Å²) in [6.45, 7) is 9.54. The molecule has 0 aromatic heterocycles. The van der Waals surface area contributed by atoms with Crippen LogP contribution in [-0.4, -0.2) is 0 Å². The molecule has 0 spiro atoms. The van der Waals surface area contributed by atoms with E-state index in [1.54, 1.807) is 6.08 Å². The number of hydrogen-bond acceptors (Lipinski definition) is 0. The number of allylic oxidation sites excluding steroid dienone is 2. The molecule has 0 heteroatoms. The Bertz CT molecular complexity index is 487. The van der Waals surface area contributed by atoms with E-state index in [0.29, 0.717) is 0 Å². The maximum atomic E-state index is 5.86. The number of fused-ring (bicyclic) bond motifs is 1. The first-order valence-corrected chi connectivity index (χ1v) is 4.56. The highest BCUT2D eigenvalue weighted by Crippen LogP contribution is 2.24. The second-order valence-electron chi connectivity index (χ2n) is 3.19. The van der Waals surface area contributed by atoms with Crippen molar-refractivity contribution in [2.24, 2.45) is 0 Å². The van der Waals surface area contributed by atoms with Crippen LogP contribution < -0.4 is 0 Å². The van der Waals surface area contributed by atoms with Crippen LogP contribution in [0.25, 0.3) is 16.3 Å². The van der Waals surface area contributed by atoms with Crippen molar-refractivity contribution in [1.82, 2.24) is 0 Å². The van der Waals surface area contributed by atoms with Crippen LogP contribution in [0, 0.1) is 6.58 Å². The first-order chi connectivity index (χ1) is 6.83. The molecule has 0 aliphatic rings. The van der Waals surface area contributed by atoms with Crippen molar-refractivity contribution in [3.05, 3.63) is 67.3 Å². The summed E-state index contributed by atoms with van der Waals surface area (Å²) < 4.78 is 0. The van der Waals surface area contributed by atoms with Crippen molar-refractivity contribution in [1.29, 1.82) is 0 Å². The molecule has 2 rings (SSSR count). The summed E-state index contributed by atoms with van der Waals surface area (Å²) in [5.41, 5.74) is 1.78. The summed E-state index contributed by atoms with van der Waals surface area (Å²) in [5, 5.41) is 2.38. The Morgan fingerprint density at radius 2 is 1.79 bits per heavy atom. The molecule has 0 nitrogen and oxygen atoms in total. The molecule has 0 amide bonds. The molecule has 0 unspecified atom stereocenters. The second kappa shape index (κ2) is 3.51. The van der Waals surface area contributed by atoms with Crippen LogP contribution in [0.3, 0.4) is 0 Å². The third-order valence-electron chi connectivity index (χ3n) is 2.32. The van der Waals surface area contributed by atoms with E-state index in [-0.39, 0.29) is 0 Å². The number of hydrogen-bond donors (Lipinski definition) is 0. The predicted molar refractivity (Wildman–Crippen MR) is 61.9 cm³/mol. The van der Waals surface area contributed by atoms with E-state index in [0.717, 1.165) is 11.1 Å². The van der Waals surface area contributed by atoms with Crippen molar-refractivity contribution in [2.75, 3.05) is 0 Å². The Labute approximate surface area is 84.2 Å². The van der Waals surface area contributed by atoms with Crippen molar-refractivity contribution in [2.45, 2.75) is 0 Å². The third kappa shape index (κ3) is 1.35. The van der Waals surface area contributed by atoms with E-state index in [9.17, 15) is 0 Å². The normalized spacial score (nSPS) is 10.0. The van der Waals surface area contributed by atoms with Gasteiger partial charge in [-0.1, -0.05) is 61.7 Å². The van der Waals surface area contributed by atoms with Crippen molar-refractivity contribution in [3.63, 3.8) is 0 Å². The van der Waals surface area contributed by atoms with Gasteiger partial charge in [-0.3, -0.25) is 0 Å². The van der Waals surface area contributed by atoms with E-state index in [1.165, 1.54) is 10.8 Å². The molecule has 0 N–H and O–H groups in total. The topological polar surface area (TPSA) is 0 Å². The molecule has 0 saturated heterocycles. The molecule has 2 aromatic rings. The zero-order valence-corrected chi connectivity index (χ0v) is 7.90. The highest BCUT2D eigenvalue weighted by molar-refractivity contribution is 5.94. The van der Waals surface area contributed by atoms with Gasteiger partial charge in [-0.2, -0.15) is 0 Å². The molecular weight excluding hydrogens is 168 g/mol. The summed E-state index contributed by atoms with van der Waals surface area (Å²) in [6.07, 6.45) is 1.68. The Morgan fingerprint density at radius 3 is 2.57 bits per heavy atom. The standard InChI is InChI=1S/C14H11/c1-3-11(2)13-10-6-8-12-7-4-5-9-14(12)13/h2-10H,1H2. The Morgan fingerprint density at radius 1 is 1.07 bits per heavy atom. The number of rotatable bonds is 2. The fourth-order valence-electron chi connectivity index (χ4n) is 1.59. The van der Waals surface area contributed by atoms with Gasteiger partial charge in [0, 0.05) is 0 Å². The fraction of sp³-hybridized carbons (Fsp3) is 0. The summed E-state index contributed by atoms with van der Waals surface area (Å²) in [5.74, 6) is 0. The van der Waals surface area contributed by atoms with Gasteiger partial charge in [0.05, 0.1) is 0 Å². The van der Waals surface area contributed by atoms with Crippen LogP contribution in [-0.2, 0) is 0 Å². The molecule has 0 aliphatic carbocycles.